The lowest BCUT2D eigenvalue weighted by Crippen LogP contribution is -2.28. The first-order chi connectivity index (χ1) is 8.11. The first-order valence-corrected chi connectivity index (χ1v) is 4.88. The number of carbonyl (C=O) groups excluding carboxylic acids is 2. The van der Waals surface area contributed by atoms with Crippen molar-refractivity contribution in [2.45, 2.75) is 6.54 Å². The number of amides is 3. The summed E-state index contributed by atoms with van der Waals surface area (Å²) < 4.78 is 13.7. The van der Waals surface area contributed by atoms with Gasteiger partial charge >= 0.3 is 6.03 Å². The Morgan fingerprint density at radius 2 is 2.24 bits per heavy atom. The lowest BCUT2D eigenvalue weighted by Gasteiger charge is -2.13. The Kier molecular flexibility index (Phi) is 2.75. The number of nitrogens with zero attached hydrogens (tertiary/aromatic N) is 2. The van der Waals surface area contributed by atoms with Crippen LogP contribution in [0.25, 0.3) is 0 Å². The molecule has 0 radical (unpaired) electrons. The second-order valence-corrected chi connectivity index (χ2v) is 3.60. The Morgan fingerprint density at radius 1 is 1.47 bits per heavy atom. The van der Waals surface area contributed by atoms with Gasteiger partial charge in [0.1, 0.15) is 18.4 Å². The summed E-state index contributed by atoms with van der Waals surface area (Å²) in [5, 5.41) is 10.8. The molecule has 0 spiro atoms. The molecule has 1 aliphatic rings. The molecule has 1 aromatic rings. The first-order valence-electron chi connectivity index (χ1n) is 4.88. The number of nitrogens with one attached hydrogen (secondary N) is 1. The maximum atomic E-state index is 13.7. The molecule has 1 aliphatic heterocycles. The standard InChI is InChI=1S/C11H8FN3O2/c12-10-7(4-13)2-1-3-8(10)5-15-6-9(16)14-11(15)17/h1-3H,5-6H2,(H,14,16,17). The van der Waals surface area contributed by atoms with Gasteiger partial charge in [-0.05, 0) is 6.07 Å². The summed E-state index contributed by atoms with van der Waals surface area (Å²) >= 11 is 0. The van der Waals surface area contributed by atoms with Crippen LogP contribution in [0, 0.1) is 17.1 Å². The van der Waals surface area contributed by atoms with Crippen LogP contribution in [0.1, 0.15) is 11.1 Å². The van der Waals surface area contributed by atoms with Crippen LogP contribution in [-0.4, -0.2) is 23.4 Å². The number of hydrogen-bond donors (Lipinski definition) is 1. The minimum Gasteiger partial charge on any atom is -0.311 e. The number of urea groups is 1. The Hall–Kier alpha value is -2.42. The van der Waals surface area contributed by atoms with Gasteiger partial charge in [0.25, 0.3) is 0 Å². The molecule has 1 saturated heterocycles. The van der Waals surface area contributed by atoms with Gasteiger partial charge in [-0.2, -0.15) is 5.26 Å². The van der Waals surface area contributed by atoms with Crippen molar-refractivity contribution in [1.82, 2.24) is 10.2 Å². The van der Waals surface area contributed by atoms with Gasteiger partial charge in [-0.15, -0.1) is 0 Å². The van der Waals surface area contributed by atoms with Crippen LogP contribution in [0.2, 0.25) is 0 Å². The zero-order valence-electron chi connectivity index (χ0n) is 8.74. The van der Waals surface area contributed by atoms with E-state index < -0.39 is 17.8 Å². The average molecular weight is 233 g/mol. The normalized spacial score (nSPS) is 14.7. The third kappa shape index (κ3) is 2.08. The number of hydrogen-bond acceptors (Lipinski definition) is 3. The summed E-state index contributed by atoms with van der Waals surface area (Å²) in [6.07, 6.45) is 0. The van der Waals surface area contributed by atoms with E-state index in [9.17, 15) is 14.0 Å². The average Bonchev–Trinajstić information content (AvgIpc) is 2.60. The first kappa shape index (κ1) is 11.1. The van der Waals surface area contributed by atoms with E-state index in [-0.39, 0.29) is 24.2 Å². The van der Waals surface area contributed by atoms with Crippen molar-refractivity contribution >= 4 is 11.9 Å². The van der Waals surface area contributed by atoms with E-state index in [1.54, 1.807) is 6.07 Å². The summed E-state index contributed by atoms with van der Waals surface area (Å²) in [6.45, 7) is -0.117. The highest BCUT2D eigenvalue weighted by atomic mass is 19.1. The summed E-state index contributed by atoms with van der Waals surface area (Å²) in [5.41, 5.74) is 0.141. The van der Waals surface area contributed by atoms with Gasteiger partial charge in [-0.3, -0.25) is 10.1 Å². The van der Waals surface area contributed by atoms with E-state index >= 15 is 0 Å². The summed E-state index contributed by atoms with van der Waals surface area (Å²) in [5.74, 6) is -1.06. The monoisotopic (exact) mass is 233 g/mol. The van der Waals surface area contributed by atoms with Gasteiger partial charge in [0.05, 0.1) is 12.1 Å². The van der Waals surface area contributed by atoms with E-state index in [0.29, 0.717) is 0 Å². The zero-order chi connectivity index (χ0) is 12.4. The van der Waals surface area contributed by atoms with Gasteiger partial charge in [-0.1, -0.05) is 12.1 Å². The SMILES string of the molecule is N#Cc1cccc(CN2CC(=O)NC2=O)c1F. The van der Waals surface area contributed by atoms with Crippen LogP contribution < -0.4 is 5.32 Å². The molecule has 17 heavy (non-hydrogen) atoms. The molecule has 0 saturated carbocycles. The smallest absolute Gasteiger partial charge is 0.311 e. The second kappa shape index (κ2) is 4.22. The van der Waals surface area contributed by atoms with Crippen molar-refractivity contribution in [1.29, 1.82) is 5.26 Å². The quantitative estimate of drug-likeness (QED) is 0.766. The molecule has 0 bridgehead atoms. The van der Waals surface area contributed by atoms with Crippen molar-refractivity contribution in [3.8, 4) is 6.07 Å². The lowest BCUT2D eigenvalue weighted by atomic mass is 10.1. The van der Waals surface area contributed by atoms with E-state index in [4.69, 9.17) is 5.26 Å². The van der Waals surface area contributed by atoms with Crippen molar-refractivity contribution in [2.24, 2.45) is 0 Å². The molecule has 6 heteroatoms. The molecule has 0 unspecified atom stereocenters. The van der Waals surface area contributed by atoms with Gasteiger partial charge in [0.2, 0.25) is 5.91 Å². The summed E-state index contributed by atoms with van der Waals surface area (Å²) in [6, 6.07) is 5.54. The highest BCUT2D eigenvalue weighted by Crippen LogP contribution is 2.15. The van der Waals surface area contributed by atoms with Gasteiger partial charge in [0.15, 0.2) is 0 Å². The molecular weight excluding hydrogens is 225 g/mol. The minimum atomic E-state index is -0.651. The molecular formula is C11H8FN3O2. The van der Waals surface area contributed by atoms with E-state index in [1.807, 2.05) is 0 Å². The van der Waals surface area contributed by atoms with Crippen LogP contribution in [0.4, 0.5) is 9.18 Å². The number of imide groups is 1. The molecule has 0 atom stereocenters. The third-order valence-electron chi connectivity index (χ3n) is 2.43. The third-order valence-corrected chi connectivity index (χ3v) is 2.43. The predicted octanol–water partition coefficient (Wildman–Crippen LogP) is 0.749. The van der Waals surface area contributed by atoms with Crippen LogP contribution >= 0.6 is 0 Å². The van der Waals surface area contributed by atoms with E-state index in [2.05, 4.69) is 5.32 Å². The second-order valence-electron chi connectivity index (χ2n) is 3.60. The lowest BCUT2D eigenvalue weighted by molar-refractivity contribution is -0.118. The zero-order valence-corrected chi connectivity index (χ0v) is 8.74. The molecule has 1 N–H and O–H groups in total. The van der Waals surface area contributed by atoms with Crippen molar-refractivity contribution < 1.29 is 14.0 Å². The maximum Gasteiger partial charge on any atom is 0.324 e. The number of nitriles is 1. The minimum absolute atomic E-state index is 0.0288. The molecule has 1 aromatic carbocycles. The molecule has 0 aliphatic carbocycles. The fourth-order valence-electron chi connectivity index (χ4n) is 1.60. The molecule has 5 nitrogen and oxygen atoms in total. The van der Waals surface area contributed by atoms with Gasteiger partial charge < -0.3 is 4.90 Å². The molecule has 86 valence electrons. The Labute approximate surface area is 96.4 Å². The number of rotatable bonds is 2. The van der Waals surface area contributed by atoms with Gasteiger partial charge in [0, 0.05) is 5.56 Å². The Morgan fingerprint density at radius 3 is 2.82 bits per heavy atom. The fraction of sp³-hybridized carbons (Fsp3) is 0.182. The maximum absolute atomic E-state index is 13.7. The molecule has 1 heterocycles. The number of carbonyl (C=O) groups is 2. The van der Waals surface area contributed by atoms with Crippen molar-refractivity contribution in [3.05, 3.63) is 35.1 Å². The van der Waals surface area contributed by atoms with Crippen molar-refractivity contribution in [2.75, 3.05) is 6.54 Å². The largest absolute Gasteiger partial charge is 0.324 e. The number of benzene rings is 1. The van der Waals surface area contributed by atoms with Crippen LogP contribution in [-0.2, 0) is 11.3 Å². The summed E-state index contributed by atoms with van der Waals surface area (Å²) in [7, 11) is 0. The molecule has 0 aromatic heterocycles. The molecule has 2 rings (SSSR count). The Balaban J connectivity index is 2.23. The fourth-order valence-corrected chi connectivity index (χ4v) is 1.60. The van der Waals surface area contributed by atoms with E-state index in [0.717, 1.165) is 0 Å². The van der Waals surface area contributed by atoms with Crippen LogP contribution in [0.15, 0.2) is 18.2 Å². The van der Waals surface area contributed by atoms with Crippen LogP contribution in [0.3, 0.4) is 0 Å². The Bertz CT molecular complexity index is 536. The van der Waals surface area contributed by atoms with E-state index in [1.165, 1.54) is 23.1 Å². The summed E-state index contributed by atoms with van der Waals surface area (Å²) in [4.78, 5) is 23.4. The van der Waals surface area contributed by atoms with Crippen molar-refractivity contribution in [3.63, 3.8) is 0 Å². The molecule has 3 amide bonds. The topological polar surface area (TPSA) is 73.2 Å². The highest BCUT2D eigenvalue weighted by Gasteiger charge is 2.27. The van der Waals surface area contributed by atoms with Crippen LogP contribution in [0.5, 0.6) is 0 Å². The highest BCUT2D eigenvalue weighted by molar-refractivity contribution is 6.01. The molecule has 1 fully saturated rings. The van der Waals surface area contributed by atoms with Gasteiger partial charge in [-0.25, -0.2) is 9.18 Å². The predicted molar refractivity (Wildman–Crippen MR) is 55.1 cm³/mol. The number of halogens is 1.